The molecule has 1 aliphatic rings. The van der Waals surface area contributed by atoms with E-state index in [1.807, 2.05) is 54.6 Å². The van der Waals surface area contributed by atoms with Crippen LogP contribution in [0, 0.1) is 0 Å². The molecular weight excluding hydrogens is 378 g/mol. The molecule has 0 unspecified atom stereocenters. The number of hydrogen-bond donors (Lipinski definition) is 1. The van der Waals surface area contributed by atoms with Crippen LogP contribution in [0.2, 0.25) is 0 Å². The number of hydrogen-bond acceptors (Lipinski definition) is 6. The lowest BCUT2D eigenvalue weighted by Gasteiger charge is -2.35. The summed E-state index contributed by atoms with van der Waals surface area (Å²) in [5.41, 5.74) is 2.71. The molecule has 156 valence electrons. The van der Waals surface area contributed by atoms with E-state index in [2.05, 4.69) is 32.2 Å². The van der Waals surface area contributed by atoms with Crippen LogP contribution in [0.15, 0.2) is 59.0 Å². The highest BCUT2D eigenvalue weighted by Crippen LogP contribution is 2.18. The first-order valence-corrected chi connectivity index (χ1v) is 10.5. The Kier molecular flexibility index (Phi) is 6.39. The Balaban J connectivity index is 1.26. The van der Waals surface area contributed by atoms with Gasteiger partial charge in [0.05, 0.1) is 0 Å². The van der Waals surface area contributed by atoms with Crippen molar-refractivity contribution in [3.63, 3.8) is 0 Å². The average molecular weight is 406 g/mol. The van der Waals surface area contributed by atoms with Gasteiger partial charge in [0.2, 0.25) is 11.8 Å². The van der Waals surface area contributed by atoms with Crippen molar-refractivity contribution in [3.8, 4) is 11.5 Å². The second-order valence-corrected chi connectivity index (χ2v) is 7.34. The molecule has 1 fully saturated rings. The summed E-state index contributed by atoms with van der Waals surface area (Å²) in [6, 6.07) is 17.5. The van der Waals surface area contributed by atoms with Crippen LogP contribution in [-0.4, -0.2) is 60.3 Å². The Hall–Kier alpha value is -3.19. The fourth-order valence-electron chi connectivity index (χ4n) is 3.58. The monoisotopic (exact) mass is 405 g/mol. The third-order valence-electron chi connectivity index (χ3n) is 5.43. The maximum absolute atomic E-state index is 12.4. The standard InChI is InChI=1S/C23H27N5O2/c1-2-27-14-16-28(17-15-27)20-10-8-18(9-11-20)22(29)24-13-12-21-25-26-23(30-21)19-6-4-3-5-7-19/h3-11H,2,12-17H2,1H3,(H,24,29). The molecule has 1 aromatic heterocycles. The Morgan fingerprint density at radius 1 is 1.00 bits per heavy atom. The van der Waals surface area contributed by atoms with Crippen LogP contribution in [0.4, 0.5) is 5.69 Å². The lowest BCUT2D eigenvalue weighted by molar-refractivity contribution is 0.0953. The number of nitrogens with zero attached hydrogens (tertiary/aromatic N) is 4. The van der Waals surface area contributed by atoms with Gasteiger partial charge in [-0.1, -0.05) is 25.1 Å². The summed E-state index contributed by atoms with van der Waals surface area (Å²) in [6.45, 7) is 7.95. The molecule has 7 nitrogen and oxygen atoms in total. The number of amides is 1. The van der Waals surface area contributed by atoms with E-state index in [9.17, 15) is 4.79 Å². The third kappa shape index (κ3) is 4.86. The molecule has 1 N–H and O–H groups in total. The second-order valence-electron chi connectivity index (χ2n) is 7.34. The molecule has 0 bridgehead atoms. The highest BCUT2D eigenvalue weighted by atomic mass is 16.4. The van der Waals surface area contributed by atoms with E-state index in [1.165, 1.54) is 5.69 Å². The van der Waals surface area contributed by atoms with E-state index >= 15 is 0 Å². The van der Waals surface area contributed by atoms with Gasteiger partial charge in [0.25, 0.3) is 5.91 Å². The topological polar surface area (TPSA) is 74.5 Å². The van der Waals surface area contributed by atoms with Gasteiger partial charge >= 0.3 is 0 Å². The number of rotatable bonds is 7. The normalized spacial score (nSPS) is 14.6. The average Bonchev–Trinajstić information content (AvgIpc) is 3.29. The number of nitrogens with one attached hydrogen (secondary N) is 1. The van der Waals surface area contributed by atoms with E-state index in [-0.39, 0.29) is 5.91 Å². The Bertz CT molecular complexity index is 947. The minimum Gasteiger partial charge on any atom is -0.421 e. The maximum atomic E-state index is 12.4. The van der Waals surface area contributed by atoms with Crippen LogP contribution in [0.1, 0.15) is 23.2 Å². The van der Waals surface area contributed by atoms with Gasteiger partial charge in [-0.05, 0) is 42.9 Å². The van der Waals surface area contributed by atoms with E-state index in [4.69, 9.17) is 4.42 Å². The molecule has 2 aromatic carbocycles. The lowest BCUT2D eigenvalue weighted by atomic mass is 10.1. The first-order chi connectivity index (χ1) is 14.7. The largest absolute Gasteiger partial charge is 0.421 e. The van der Waals surface area contributed by atoms with Crippen molar-refractivity contribution in [2.24, 2.45) is 0 Å². The number of aromatic nitrogens is 2. The first kappa shape index (κ1) is 20.1. The van der Waals surface area contributed by atoms with Crippen molar-refractivity contribution >= 4 is 11.6 Å². The quantitative estimate of drug-likeness (QED) is 0.652. The lowest BCUT2D eigenvalue weighted by Crippen LogP contribution is -2.46. The van der Waals surface area contributed by atoms with Crippen molar-refractivity contribution in [1.29, 1.82) is 0 Å². The smallest absolute Gasteiger partial charge is 0.251 e. The number of piperazine rings is 1. The van der Waals surface area contributed by atoms with Gasteiger partial charge in [-0.15, -0.1) is 10.2 Å². The van der Waals surface area contributed by atoms with Crippen molar-refractivity contribution in [3.05, 3.63) is 66.1 Å². The van der Waals surface area contributed by atoms with E-state index < -0.39 is 0 Å². The van der Waals surface area contributed by atoms with Gasteiger partial charge in [-0.3, -0.25) is 4.79 Å². The van der Waals surface area contributed by atoms with Gasteiger partial charge < -0.3 is 19.5 Å². The molecule has 2 heterocycles. The number of benzene rings is 2. The molecule has 0 atom stereocenters. The van der Waals surface area contributed by atoms with Gasteiger partial charge in [-0.25, -0.2) is 0 Å². The summed E-state index contributed by atoms with van der Waals surface area (Å²) in [6.07, 6.45) is 0.491. The van der Waals surface area contributed by atoms with Crippen LogP contribution in [0.3, 0.4) is 0 Å². The third-order valence-corrected chi connectivity index (χ3v) is 5.43. The van der Waals surface area contributed by atoms with Crippen molar-refractivity contribution in [2.45, 2.75) is 13.3 Å². The molecule has 3 aromatic rings. The minimum atomic E-state index is -0.0971. The second kappa shape index (κ2) is 9.54. The fraction of sp³-hybridized carbons (Fsp3) is 0.348. The van der Waals surface area contributed by atoms with E-state index in [1.54, 1.807) is 0 Å². The minimum absolute atomic E-state index is 0.0971. The van der Waals surface area contributed by atoms with E-state index in [0.717, 1.165) is 38.3 Å². The number of carbonyl (C=O) groups excluding carboxylic acids is 1. The number of likely N-dealkylation sites (N-methyl/N-ethyl adjacent to an activating group) is 1. The Labute approximate surface area is 176 Å². The summed E-state index contributed by atoms with van der Waals surface area (Å²) in [5, 5.41) is 11.1. The van der Waals surface area contributed by atoms with Crippen LogP contribution in [0.5, 0.6) is 0 Å². The molecular formula is C23H27N5O2. The van der Waals surface area contributed by atoms with E-state index in [0.29, 0.717) is 30.3 Å². The predicted octanol–water partition coefficient (Wildman–Crippen LogP) is 2.85. The van der Waals surface area contributed by atoms with Gasteiger partial charge in [-0.2, -0.15) is 0 Å². The predicted molar refractivity (Wildman–Crippen MR) is 117 cm³/mol. The van der Waals surface area contributed by atoms with Crippen molar-refractivity contribution in [1.82, 2.24) is 20.4 Å². The fourth-order valence-corrected chi connectivity index (χ4v) is 3.58. The summed E-state index contributed by atoms with van der Waals surface area (Å²) in [7, 11) is 0. The molecule has 0 radical (unpaired) electrons. The molecule has 4 rings (SSSR count). The highest BCUT2D eigenvalue weighted by Gasteiger charge is 2.16. The number of carbonyl (C=O) groups is 1. The summed E-state index contributed by atoms with van der Waals surface area (Å²) in [5.74, 6) is 0.906. The van der Waals surface area contributed by atoms with Crippen LogP contribution >= 0.6 is 0 Å². The molecule has 1 amide bonds. The molecule has 30 heavy (non-hydrogen) atoms. The molecule has 0 saturated carbocycles. The van der Waals surface area contributed by atoms with Gasteiger partial charge in [0.1, 0.15) is 0 Å². The van der Waals surface area contributed by atoms with Crippen molar-refractivity contribution < 1.29 is 9.21 Å². The Morgan fingerprint density at radius 2 is 1.73 bits per heavy atom. The van der Waals surface area contributed by atoms with Crippen molar-refractivity contribution in [2.75, 3.05) is 44.2 Å². The van der Waals surface area contributed by atoms with Crippen LogP contribution in [-0.2, 0) is 6.42 Å². The molecule has 0 aliphatic carbocycles. The first-order valence-electron chi connectivity index (χ1n) is 10.5. The zero-order valence-electron chi connectivity index (χ0n) is 17.3. The molecule has 7 heteroatoms. The highest BCUT2D eigenvalue weighted by molar-refractivity contribution is 5.94. The molecule has 1 aliphatic heterocycles. The molecule has 1 saturated heterocycles. The number of anilines is 1. The maximum Gasteiger partial charge on any atom is 0.251 e. The summed E-state index contributed by atoms with van der Waals surface area (Å²) >= 11 is 0. The SMILES string of the molecule is CCN1CCN(c2ccc(C(=O)NCCc3nnc(-c4ccccc4)o3)cc2)CC1. The summed E-state index contributed by atoms with van der Waals surface area (Å²) in [4.78, 5) is 17.3. The summed E-state index contributed by atoms with van der Waals surface area (Å²) < 4.78 is 5.67. The van der Waals surface area contributed by atoms with Crippen LogP contribution < -0.4 is 10.2 Å². The zero-order valence-corrected chi connectivity index (χ0v) is 17.3. The van der Waals surface area contributed by atoms with Gasteiger partial charge in [0, 0.05) is 56.0 Å². The molecule has 0 spiro atoms. The van der Waals surface area contributed by atoms with Crippen LogP contribution in [0.25, 0.3) is 11.5 Å². The van der Waals surface area contributed by atoms with Gasteiger partial charge in [0.15, 0.2) is 0 Å². The Morgan fingerprint density at radius 3 is 2.43 bits per heavy atom. The zero-order chi connectivity index (χ0) is 20.8.